The molecule has 1 aromatic rings. The molecule has 1 heterocycles. The zero-order valence-electron chi connectivity index (χ0n) is 9.71. The third-order valence-electron chi connectivity index (χ3n) is 5.18. The molecule has 0 aromatic carbocycles. The number of hydrogen-bond acceptors (Lipinski definition) is 2. The first kappa shape index (κ1) is 9.23. The molecule has 4 rings (SSSR count). The second kappa shape index (κ2) is 2.89. The first-order valence-corrected chi connectivity index (χ1v) is 6.54. The molecule has 0 radical (unpaired) electrons. The van der Waals surface area contributed by atoms with Gasteiger partial charge < -0.3 is 10.3 Å². The van der Waals surface area contributed by atoms with Crippen LogP contribution >= 0.6 is 0 Å². The molecule has 5 atom stereocenters. The van der Waals surface area contributed by atoms with Gasteiger partial charge in [-0.15, -0.1) is 0 Å². The van der Waals surface area contributed by atoms with E-state index in [0.29, 0.717) is 0 Å². The molecule has 2 N–H and O–H groups in total. The van der Waals surface area contributed by atoms with Crippen molar-refractivity contribution < 1.29 is 0 Å². The summed E-state index contributed by atoms with van der Waals surface area (Å²) in [5.74, 6) is 3.96. The van der Waals surface area contributed by atoms with E-state index in [1.54, 1.807) is 0 Å². The van der Waals surface area contributed by atoms with Crippen molar-refractivity contribution in [3.63, 3.8) is 0 Å². The van der Waals surface area contributed by atoms with Crippen LogP contribution in [0.1, 0.15) is 44.0 Å². The molecule has 86 valence electrons. The Morgan fingerprint density at radius 2 is 2.06 bits per heavy atom. The molecular formula is C13H19N3. The van der Waals surface area contributed by atoms with Crippen molar-refractivity contribution >= 4 is 0 Å². The van der Waals surface area contributed by atoms with Gasteiger partial charge >= 0.3 is 0 Å². The van der Waals surface area contributed by atoms with E-state index in [-0.39, 0.29) is 6.04 Å². The molecule has 3 aliphatic carbocycles. The van der Waals surface area contributed by atoms with E-state index in [4.69, 9.17) is 5.73 Å². The number of hydrogen-bond donors (Lipinski definition) is 1. The molecule has 4 unspecified atom stereocenters. The summed E-state index contributed by atoms with van der Waals surface area (Å²) < 4.78 is 2.38. The maximum atomic E-state index is 6.00. The van der Waals surface area contributed by atoms with Gasteiger partial charge in [0.15, 0.2) is 0 Å². The van der Waals surface area contributed by atoms with Crippen molar-refractivity contribution in [2.75, 3.05) is 0 Å². The van der Waals surface area contributed by atoms with Gasteiger partial charge in [0.25, 0.3) is 0 Å². The molecule has 3 aliphatic rings. The Kier molecular flexibility index (Phi) is 1.67. The normalized spacial score (nSPS) is 45.8. The summed E-state index contributed by atoms with van der Waals surface area (Å²) in [6, 6.07) is 0.858. The second-order valence-electron chi connectivity index (χ2n) is 5.99. The summed E-state index contributed by atoms with van der Waals surface area (Å²) >= 11 is 0. The Hall–Kier alpha value is -0.830. The lowest BCUT2D eigenvalue weighted by Crippen LogP contribution is -2.13. The summed E-state index contributed by atoms with van der Waals surface area (Å²) in [5, 5.41) is 0. The molecule has 16 heavy (non-hydrogen) atoms. The number of nitrogens with two attached hydrogens (primary N) is 1. The Balaban J connectivity index is 1.66. The van der Waals surface area contributed by atoms with Crippen LogP contribution in [0.3, 0.4) is 0 Å². The highest BCUT2D eigenvalue weighted by atomic mass is 15.1. The average Bonchev–Trinajstić information content (AvgIpc) is 2.74. The van der Waals surface area contributed by atoms with Gasteiger partial charge in [-0.25, -0.2) is 4.98 Å². The van der Waals surface area contributed by atoms with Crippen LogP contribution in [0.4, 0.5) is 0 Å². The first-order chi connectivity index (χ1) is 7.77. The van der Waals surface area contributed by atoms with E-state index in [1.807, 2.05) is 12.5 Å². The molecule has 2 bridgehead atoms. The molecule has 0 aliphatic heterocycles. The van der Waals surface area contributed by atoms with Crippen LogP contribution in [-0.2, 0) is 0 Å². The van der Waals surface area contributed by atoms with E-state index < -0.39 is 0 Å². The first-order valence-electron chi connectivity index (χ1n) is 6.54. The Morgan fingerprint density at radius 3 is 2.69 bits per heavy atom. The molecule has 0 amide bonds. The third-order valence-corrected chi connectivity index (χ3v) is 5.18. The van der Waals surface area contributed by atoms with Gasteiger partial charge in [-0.3, -0.25) is 0 Å². The van der Waals surface area contributed by atoms with Gasteiger partial charge in [0.2, 0.25) is 0 Å². The number of aromatic nitrogens is 2. The number of imidazole rings is 1. The van der Waals surface area contributed by atoms with Crippen LogP contribution in [0, 0.1) is 23.7 Å². The SMILES string of the molecule is C[C@H](N)c1cncn1C1C2C3CCC(C3)C21. The number of fused-ring (bicyclic) bond motifs is 5. The van der Waals surface area contributed by atoms with Gasteiger partial charge in [0, 0.05) is 18.3 Å². The Morgan fingerprint density at radius 1 is 1.38 bits per heavy atom. The third kappa shape index (κ3) is 1.000. The predicted octanol–water partition coefficient (Wildman–Crippen LogP) is 2.12. The Labute approximate surface area is 96.0 Å². The molecule has 3 heteroatoms. The Bertz CT molecular complexity index is 407. The van der Waals surface area contributed by atoms with E-state index >= 15 is 0 Å². The van der Waals surface area contributed by atoms with Crippen molar-refractivity contribution in [2.24, 2.45) is 29.4 Å². The van der Waals surface area contributed by atoms with Gasteiger partial charge in [-0.1, -0.05) is 0 Å². The zero-order chi connectivity index (χ0) is 10.9. The van der Waals surface area contributed by atoms with E-state index in [1.165, 1.54) is 25.0 Å². The van der Waals surface area contributed by atoms with Crippen molar-refractivity contribution in [1.82, 2.24) is 9.55 Å². The van der Waals surface area contributed by atoms with E-state index in [9.17, 15) is 0 Å². The highest BCUT2D eigenvalue weighted by Gasteiger charge is 2.65. The maximum Gasteiger partial charge on any atom is 0.0951 e. The summed E-state index contributed by atoms with van der Waals surface area (Å²) in [6.07, 6.45) is 8.41. The summed E-state index contributed by atoms with van der Waals surface area (Å²) in [7, 11) is 0. The fourth-order valence-corrected chi connectivity index (χ4v) is 4.57. The highest BCUT2D eigenvalue weighted by molar-refractivity contribution is 5.19. The highest BCUT2D eigenvalue weighted by Crippen LogP contribution is 2.71. The van der Waals surface area contributed by atoms with Crippen LogP contribution < -0.4 is 5.73 Å². The van der Waals surface area contributed by atoms with Gasteiger partial charge in [-0.2, -0.15) is 0 Å². The van der Waals surface area contributed by atoms with Gasteiger partial charge in [-0.05, 0) is 49.9 Å². The largest absolute Gasteiger partial charge is 0.329 e. The number of rotatable bonds is 2. The van der Waals surface area contributed by atoms with Gasteiger partial charge in [0.05, 0.1) is 12.0 Å². The summed E-state index contributed by atoms with van der Waals surface area (Å²) in [5.41, 5.74) is 7.22. The van der Waals surface area contributed by atoms with Crippen molar-refractivity contribution in [3.05, 3.63) is 18.2 Å². The zero-order valence-corrected chi connectivity index (χ0v) is 9.71. The lowest BCUT2D eigenvalue weighted by Gasteiger charge is -2.14. The van der Waals surface area contributed by atoms with Crippen molar-refractivity contribution in [2.45, 2.75) is 38.3 Å². The van der Waals surface area contributed by atoms with E-state index in [2.05, 4.69) is 16.5 Å². The maximum absolute atomic E-state index is 6.00. The topological polar surface area (TPSA) is 43.8 Å². The quantitative estimate of drug-likeness (QED) is 0.824. The molecule has 3 nitrogen and oxygen atoms in total. The minimum Gasteiger partial charge on any atom is -0.329 e. The summed E-state index contributed by atoms with van der Waals surface area (Å²) in [4.78, 5) is 4.29. The molecule has 1 aromatic heterocycles. The molecule has 0 spiro atoms. The monoisotopic (exact) mass is 217 g/mol. The van der Waals surface area contributed by atoms with Crippen LogP contribution in [0.25, 0.3) is 0 Å². The standard InChI is InChI=1S/C13H19N3/c1-7(14)10-5-15-6-16(10)13-11-8-2-3-9(4-8)12(11)13/h5-9,11-13H,2-4,14H2,1H3/t7-,8?,9?,11?,12?,13?/m0/s1. The summed E-state index contributed by atoms with van der Waals surface area (Å²) in [6.45, 7) is 2.06. The fourth-order valence-electron chi connectivity index (χ4n) is 4.57. The molecule has 0 saturated heterocycles. The molecule has 3 saturated carbocycles. The van der Waals surface area contributed by atoms with Crippen LogP contribution in [0.2, 0.25) is 0 Å². The van der Waals surface area contributed by atoms with Crippen molar-refractivity contribution in [1.29, 1.82) is 0 Å². The lowest BCUT2D eigenvalue weighted by atomic mass is 10.0. The lowest BCUT2D eigenvalue weighted by molar-refractivity contribution is 0.442. The predicted molar refractivity (Wildman–Crippen MR) is 61.7 cm³/mol. The smallest absolute Gasteiger partial charge is 0.0951 e. The minimum absolute atomic E-state index is 0.112. The molecule has 3 fully saturated rings. The van der Waals surface area contributed by atoms with Gasteiger partial charge in [0.1, 0.15) is 0 Å². The number of nitrogens with zero attached hydrogens (tertiary/aromatic N) is 2. The minimum atomic E-state index is 0.112. The fraction of sp³-hybridized carbons (Fsp3) is 0.769. The van der Waals surface area contributed by atoms with E-state index in [0.717, 1.165) is 29.7 Å². The average molecular weight is 217 g/mol. The second-order valence-corrected chi connectivity index (χ2v) is 5.99. The van der Waals surface area contributed by atoms with Crippen molar-refractivity contribution in [3.8, 4) is 0 Å². The molecular weight excluding hydrogens is 198 g/mol. The van der Waals surface area contributed by atoms with Crippen LogP contribution in [-0.4, -0.2) is 9.55 Å². The van der Waals surface area contributed by atoms with Crippen LogP contribution in [0.15, 0.2) is 12.5 Å². The van der Waals surface area contributed by atoms with Crippen LogP contribution in [0.5, 0.6) is 0 Å².